The molecule has 0 aliphatic carbocycles. The predicted molar refractivity (Wildman–Crippen MR) is 39.0 cm³/mol. The Bertz CT molecular complexity index is 23.0. The van der Waals surface area contributed by atoms with Crippen LogP contribution in [0.4, 0.5) is 0 Å². The van der Waals surface area contributed by atoms with E-state index in [0.717, 1.165) is 0 Å². The molecule has 0 aromatic heterocycles. The summed E-state index contributed by atoms with van der Waals surface area (Å²) < 4.78 is 9.12. The van der Waals surface area contributed by atoms with E-state index in [1.807, 2.05) is 0 Å². The van der Waals surface area contributed by atoms with Gasteiger partial charge >= 0.3 is 72.4 Å². The molecule has 0 amide bonds. The molecule has 31 valence electrons. The van der Waals surface area contributed by atoms with Crippen molar-refractivity contribution in [2.24, 2.45) is 0 Å². The molecule has 0 bridgehead atoms. The van der Waals surface area contributed by atoms with E-state index in [9.17, 15) is 0 Å². The van der Waals surface area contributed by atoms with Crippen LogP contribution in [-0.4, -0.2) is 69.3 Å². The first-order valence-electron chi connectivity index (χ1n) is 0.996. The van der Waals surface area contributed by atoms with Crippen LogP contribution in [0.2, 0.25) is 0 Å². The quantitative estimate of drug-likeness (QED) is 0.412. The van der Waals surface area contributed by atoms with Gasteiger partial charge in [-0.3, -0.25) is 0 Å². The summed E-state index contributed by atoms with van der Waals surface area (Å²) in [7, 11) is 0. The first kappa shape index (κ1) is 23.6. The summed E-state index contributed by atoms with van der Waals surface area (Å²) in [6.07, 6.45) is 1.76. The summed E-state index contributed by atoms with van der Waals surface area (Å²) in [5.74, 6) is 0. The molecule has 0 fully saturated rings. The minimum atomic E-state index is -1.12. The molecule has 0 spiro atoms. The van der Waals surface area contributed by atoms with Gasteiger partial charge in [0, 0.05) is 0 Å². The summed E-state index contributed by atoms with van der Waals surface area (Å²) in [4.78, 5) is 0. The van der Waals surface area contributed by atoms with Gasteiger partial charge in [-0.05, 0) is 0 Å². The van der Waals surface area contributed by atoms with Gasteiger partial charge in [0.1, 0.15) is 0 Å². The van der Waals surface area contributed by atoms with Gasteiger partial charge in [0.05, 0.1) is 0 Å². The fourth-order valence-electron chi connectivity index (χ4n) is 0. The summed E-state index contributed by atoms with van der Waals surface area (Å²) >= 11 is -1.12. The van der Waals surface area contributed by atoms with E-state index >= 15 is 0 Å². The van der Waals surface area contributed by atoms with Gasteiger partial charge < -0.3 is 0 Å². The van der Waals surface area contributed by atoms with E-state index in [4.69, 9.17) is 3.57 Å². The minimum absolute atomic E-state index is 0. The zero-order valence-corrected chi connectivity index (χ0v) is 5.08. The molecule has 1 nitrogen and oxygen atoms in total. The average Bonchev–Trinajstić information content (AvgIpc) is 0.918. The zero-order valence-electron chi connectivity index (χ0n) is 2.12. The van der Waals surface area contributed by atoms with E-state index < -0.39 is 16.9 Å². The normalized spacial score (nSPS) is 1.33. The second kappa shape index (κ2) is 25.8. The molecule has 0 rings (SSSR count). The molecule has 0 atom stereocenters. The summed E-state index contributed by atoms with van der Waals surface area (Å²) in [6.45, 7) is 0. The standard InChI is InChI=1S/Al.BH2.Ga.In.O.Zn.9H/h;1H2;;;;;;;;;;;;;/q;+1;;;;-1;;;;;;;;;. The molecule has 0 aliphatic rings. The van der Waals surface area contributed by atoms with Gasteiger partial charge in [0.2, 0.25) is 0 Å². The summed E-state index contributed by atoms with van der Waals surface area (Å²) in [5.41, 5.74) is 0. The Balaban J connectivity index is -0.00000000667. The Hall–Kier alpha value is 2.53. The molecule has 0 saturated carbocycles. The van der Waals surface area contributed by atoms with Crippen LogP contribution < -0.4 is 0 Å². The molecule has 0 saturated heterocycles. The Morgan fingerprint density at radius 3 is 1.50 bits per heavy atom. The first-order chi connectivity index (χ1) is 1.41. The van der Waals surface area contributed by atoms with Crippen LogP contribution in [0.3, 0.4) is 0 Å². The van der Waals surface area contributed by atoms with Crippen molar-refractivity contribution in [3.05, 3.63) is 0 Å². The van der Waals surface area contributed by atoms with Gasteiger partial charge in [0.15, 0.2) is 17.4 Å². The molecule has 0 N–H and O–H groups in total. The van der Waals surface area contributed by atoms with Gasteiger partial charge in [-0.25, -0.2) is 0 Å². The SMILES string of the molecule is [AlH3].[BH2][Zn]=[O].[GaH3].[InH3]. The molecule has 6 heavy (non-hydrogen) atoms. The van der Waals surface area contributed by atoms with Crippen LogP contribution in [0.5, 0.6) is 0 Å². The van der Waals surface area contributed by atoms with Crippen molar-refractivity contribution in [3.8, 4) is 0 Å². The number of hydrogen-bond acceptors (Lipinski definition) is 1. The molecule has 6 heteroatoms. The molecule has 0 aromatic rings. The van der Waals surface area contributed by atoms with Crippen LogP contribution in [-0.2, 0) is 20.5 Å². The summed E-state index contributed by atoms with van der Waals surface area (Å²) in [6, 6.07) is 0. The van der Waals surface area contributed by atoms with Crippen LogP contribution in [0.15, 0.2) is 0 Å². The molecule has 0 radical (unpaired) electrons. The average molecular weight is 315 g/mol. The maximum absolute atomic E-state index is 9.12. The van der Waals surface area contributed by atoms with Crippen LogP contribution in [0, 0.1) is 0 Å². The fourth-order valence-corrected chi connectivity index (χ4v) is 0. The van der Waals surface area contributed by atoms with Crippen molar-refractivity contribution in [1.82, 2.24) is 0 Å². The van der Waals surface area contributed by atoms with Crippen molar-refractivity contribution in [1.29, 1.82) is 0 Å². The Morgan fingerprint density at radius 1 is 1.50 bits per heavy atom. The van der Waals surface area contributed by atoms with Gasteiger partial charge in [0.25, 0.3) is 0 Å². The second-order valence-corrected chi connectivity index (χ2v) is 1.50. The number of hydrogen-bond donors (Lipinski definition) is 0. The zero-order chi connectivity index (χ0) is 2.71. The maximum atomic E-state index is 9.12. The van der Waals surface area contributed by atoms with Crippen LogP contribution in [0.25, 0.3) is 0 Å². The van der Waals surface area contributed by atoms with E-state index in [-0.39, 0.29) is 63.0 Å². The van der Waals surface area contributed by atoms with E-state index in [1.165, 1.54) is 0 Å². The van der Waals surface area contributed by atoms with Crippen molar-refractivity contribution in [2.75, 3.05) is 0 Å². The fraction of sp³-hybridized carbons (Fsp3) is 0. The van der Waals surface area contributed by atoms with E-state index in [0.29, 0.717) is 0 Å². The van der Waals surface area contributed by atoms with Gasteiger partial charge in [-0.15, -0.1) is 0 Å². The van der Waals surface area contributed by atoms with E-state index in [2.05, 4.69) is 0 Å². The molecular formula is H11AlBGaInOZn. The van der Waals surface area contributed by atoms with Crippen molar-refractivity contribution >= 4 is 69.3 Å². The van der Waals surface area contributed by atoms with Gasteiger partial charge in [-0.2, -0.15) is 0 Å². The Morgan fingerprint density at radius 2 is 1.50 bits per heavy atom. The molecule has 0 heterocycles. The number of rotatable bonds is 0. The third-order valence-electron chi connectivity index (χ3n) is 0. The third kappa shape index (κ3) is 31.2. The molecule has 0 aliphatic heterocycles. The predicted octanol–water partition coefficient (Wildman–Crippen LogP) is -4.59. The topological polar surface area (TPSA) is 17.1 Å². The summed E-state index contributed by atoms with van der Waals surface area (Å²) in [5, 5.41) is 0. The monoisotopic (exact) mass is 313 g/mol. The van der Waals surface area contributed by atoms with Crippen molar-refractivity contribution in [2.45, 2.75) is 0 Å². The van der Waals surface area contributed by atoms with Crippen LogP contribution >= 0.6 is 0 Å². The molecular weight excluding hydrogens is 304 g/mol. The van der Waals surface area contributed by atoms with Crippen molar-refractivity contribution < 1.29 is 20.5 Å². The second-order valence-electron chi connectivity index (χ2n) is 0.289. The Labute approximate surface area is 88.4 Å². The van der Waals surface area contributed by atoms with Gasteiger partial charge in [-0.1, -0.05) is 0 Å². The molecule has 0 unspecified atom stereocenters. The van der Waals surface area contributed by atoms with E-state index in [1.54, 1.807) is 6.33 Å². The third-order valence-corrected chi connectivity index (χ3v) is 0. The molecule has 0 aromatic carbocycles. The van der Waals surface area contributed by atoms with Crippen LogP contribution in [0.1, 0.15) is 0 Å². The Kier molecular flexibility index (Phi) is 101. The first-order valence-corrected chi connectivity index (χ1v) is 5.17. The van der Waals surface area contributed by atoms with Crippen molar-refractivity contribution in [3.63, 3.8) is 0 Å².